The Morgan fingerprint density at radius 3 is 0.798 bits per heavy atom. The van der Waals surface area contributed by atoms with Crippen LogP contribution in [0.4, 0.5) is 0 Å². The second-order valence-electron chi connectivity index (χ2n) is 33.8. The van der Waals surface area contributed by atoms with Gasteiger partial charge in [0.25, 0.3) is 17.7 Å². The Labute approximate surface area is 736 Å². The van der Waals surface area contributed by atoms with Crippen molar-refractivity contribution in [2.75, 3.05) is 21.1 Å². The first-order valence-electron chi connectivity index (χ1n) is 44.0. The highest BCUT2D eigenvalue weighted by molar-refractivity contribution is 6.03. The maximum atomic E-state index is 13.7. The molecule has 12 aromatic rings. The molecule has 642 valence electrons. The largest absolute Gasteiger partial charge is 0.393 e. The highest BCUT2D eigenvalue weighted by Crippen LogP contribution is 2.31. The van der Waals surface area contributed by atoms with Gasteiger partial charge in [0.2, 0.25) is 0 Å². The van der Waals surface area contributed by atoms with Crippen LogP contribution in [0.25, 0.3) is 0 Å². The van der Waals surface area contributed by atoms with Crippen molar-refractivity contribution in [2.45, 2.75) is 181 Å². The summed E-state index contributed by atoms with van der Waals surface area (Å²) in [5.74, 6) is -1.22. The highest BCUT2D eigenvalue weighted by atomic mass is 16.3. The van der Waals surface area contributed by atoms with E-state index in [9.17, 15) is 44.1 Å². The van der Waals surface area contributed by atoms with Gasteiger partial charge >= 0.3 is 0 Å². The van der Waals surface area contributed by atoms with E-state index in [2.05, 4.69) is 93.6 Å². The Bertz CT molecular complexity index is 5130. The molecule has 0 radical (unpaired) electrons. The van der Waals surface area contributed by atoms with Crippen molar-refractivity contribution in [1.82, 2.24) is 14.7 Å². The molecule has 12 heteroatoms. The van der Waals surface area contributed by atoms with Crippen LogP contribution in [0.3, 0.4) is 0 Å². The minimum atomic E-state index is -0.609. The topological polar surface area (TPSA) is 173 Å². The second kappa shape index (κ2) is 48.1. The molecule has 0 aliphatic carbocycles. The number of nitrogens with zero attached hydrogens (tertiary/aromatic N) is 3. The van der Waals surface area contributed by atoms with Crippen molar-refractivity contribution in [3.05, 3.63) is 427 Å². The molecule has 9 atom stereocenters. The second-order valence-corrected chi connectivity index (χ2v) is 33.8. The van der Waals surface area contributed by atoms with E-state index < -0.39 is 18.3 Å². The number of hydrogen-bond acceptors (Lipinski definition) is 9. The zero-order chi connectivity index (χ0) is 88.4. The van der Waals surface area contributed by atoms with Crippen molar-refractivity contribution in [3.8, 4) is 0 Å². The average molecular weight is 1660 g/mol. The Balaban J connectivity index is 0.000000195. The minimum Gasteiger partial charge on any atom is -0.393 e. The van der Waals surface area contributed by atoms with Crippen molar-refractivity contribution in [1.29, 1.82) is 0 Å². The predicted molar refractivity (Wildman–Crippen MR) is 503 cm³/mol. The maximum Gasteiger partial charge on any atom is 0.254 e. The average Bonchev–Trinajstić information content (AvgIpc) is 0.824. The van der Waals surface area contributed by atoms with Gasteiger partial charge in [-0.15, -0.1) is 0 Å². The molecule has 0 aromatic heterocycles. The van der Waals surface area contributed by atoms with Crippen LogP contribution in [0.5, 0.6) is 0 Å². The van der Waals surface area contributed by atoms with Gasteiger partial charge in [0.05, 0.1) is 36.4 Å². The third-order valence-electron chi connectivity index (χ3n) is 24.2. The molecule has 0 spiro atoms. The number of carbonyl (C=O) groups excluding carboxylic acids is 6. The number of aryl methyl sites for hydroxylation is 7. The van der Waals surface area contributed by atoms with Gasteiger partial charge in [-0.3, -0.25) is 28.8 Å². The molecular formula is C112H125N3O9. The molecule has 0 bridgehead atoms. The Hall–Kier alpha value is -12.1. The van der Waals surface area contributed by atoms with E-state index in [0.717, 1.165) is 77.5 Å². The van der Waals surface area contributed by atoms with E-state index >= 15 is 0 Å². The predicted octanol–water partition coefficient (Wildman–Crippen LogP) is 23.2. The van der Waals surface area contributed by atoms with Gasteiger partial charge < -0.3 is 30.0 Å². The molecule has 12 aromatic carbocycles. The molecule has 12 rings (SSSR count). The van der Waals surface area contributed by atoms with Gasteiger partial charge in [-0.2, -0.15) is 0 Å². The molecule has 0 fully saturated rings. The molecule has 0 aliphatic rings. The molecule has 124 heavy (non-hydrogen) atoms. The fourth-order valence-corrected chi connectivity index (χ4v) is 16.4. The number of aliphatic hydroxyl groups is 3. The van der Waals surface area contributed by atoms with Gasteiger partial charge in [-0.1, -0.05) is 296 Å². The van der Waals surface area contributed by atoms with E-state index in [-0.39, 0.29) is 90.2 Å². The molecule has 0 aliphatic heterocycles. The third kappa shape index (κ3) is 29.0. The summed E-state index contributed by atoms with van der Waals surface area (Å²) in [6.45, 7) is 14.2. The Morgan fingerprint density at radius 2 is 0.500 bits per heavy atom. The zero-order valence-electron chi connectivity index (χ0n) is 74.0. The van der Waals surface area contributed by atoms with Crippen LogP contribution in [-0.2, 0) is 38.5 Å². The van der Waals surface area contributed by atoms with Crippen molar-refractivity contribution < 1.29 is 44.1 Å². The zero-order valence-corrected chi connectivity index (χ0v) is 74.0. The molecule has 3 amide bonds. The van der Waals surface area contributed by atoms with Crippen LogP contribution >= 0.6 is 0 Å². The number of hydrogen-bond donors (Lipinski definition) is 3. The first kappa shape index (κ1) is 94.2. The Morgan fingerprint density at radius 1 is 0.258 bits per heavy atom. The summed E-state index contributed by atoms with van der Waals surface area (Å²) in [6, 6.07) is 104. The van der Waals surface area contributed by atoms with Crippen molar-refractivity contribution in [3.63, 3.8) is 0 Å². The lowest BCUT2D eigenvalue weighted by atomic mass is 9.85. The van der Waals surface area contributed by atoms with Crippen LogP contribution in [-0.4, -0.2) is 105 Å². The first-order chi connectivity index (χ1) is 59.8. The molecular weight excluding hydrogens is 1530 g/mol. The minimum absolute atomic E-state index is 0.0508. The van der Waals surface area contributed by atoms with E-state index in [1.807, 2.05) is 222 Å². The molecule has 0 heterocycles. The summed E-state index contributed by atoms with van der Waals surface area (Å²) in [4.78, 5) is 86.1. The number of carbonyl (C=O) groups is 6. The number of aliphatic hydroxyl groups excluding tert-OH is 3. The van der Waals surface area contributed by atoms with Crippen LogP contribution in [0.15, 0.2) is 322 Å². The van der Waals surface area contributed by atoms with Crippen LogP contribution < -0.4 is 0 Å². The number of rotatable bonds is 39. The third-order valence-corrected chi connectivity index (χ3v) is 24.2. The number of benzene rings is 12. The normalized spacial score (nSPS) is 13.3. The summed E-state index contributed by atoms with van der Waals surface area (Å²) in [6.07, 6.45) is 7.78. The van der Waals surface area contributed by atoms with Crippen molar-refractivity contribution in [2.24, 2.45) is 17.8 Å². The maximum absolute atomic E-state index is 13.7. The number of amides is 3. The summed E-state index contributed by atoms with van der Waals surface area (Å²) < 4.78 is 0. The van der Waals surface area contributed by atoms with Gasteiger partial charge in [0.15, 0.2) is 17.3 Å². The van der Waals surface area contributed by atoms with Gasteiger partial charge in [-0.25, -0.2) is 0 Å². The fraction of sp³-hybridized carbons (Fsp3) is 0.304. The smallest absolute Gasteiger partial charge is 0.254 e. The van der Waals surface area contributed by atoms with Crippen LogP contribution in [0.1, 0.15) is 231 Å². The van der Waals surface area contributed by atoms with Gasteiger partial charge in [0, 0.05) is 73.8 Å². The van der Waals surface area contributed by atoms with Crippen LogP contribution in [0.2, 0.25) is 0 Å². The lowest BCUT2D eigenvalue weighted by Gasteiger charge is -2.26. The lowest BCUT2D eigenvalue weighted by Crippen LogP contribution is -2.30. The summed E-state index contributed by atoms with van der Waals surface area (Å²) in [7, 11) is 5.38. The lowest BCUT2D eigenvalue weighted by molar-refractivity contribution is 0.0732. The van der Waals surface area contributed by atoms with E-state index in [0.29, 0.717) is 71.9 Å². The van der Waals surface area contributed by atoms with Gasteiger partial charge in [0.1, 0.15) is 0 Å². The molecule has 12 nitrogen and oxygen atoms in total. The van der Waals surface area contributed by atoms with Crippen LogP contribution in [0, 0.1) is 45.4 Å². The quantitative estimate of drug-likeness (QED) is 0.0317. The first-order valence-corrected chi connectivity index (χ1v) is 44.0. The SMILES string of the molecule is Cc1cccc(CCC[C@@H](O)[C@@H](CC(=O)c2cc(C)cc(C(=O)N(C)[C@H](C)c3ccccc3)c2)Cc2ccccc2)c1.Cc1cccc(CCC[C@@H](O)[C@@H](CC(=O)c2cccc(C(=O)N(C)[C@H](C)c3ccccc3)c2)Cc2ccccc2)c1.Cc1cccc(CCC[C@@H](O)[C@@H](CC(=O)c2cccc(C(=O)N(C)[C@H](C)c3ccccc3)c2)Cc2ccccc2)c1. The fourth-order valence-electron chi connectivity index (χ4n) is 16.4. The number of ketones is 3. The summed E-state index contributed by atoms with van der Waals surface area (Å²) >= 11 is 0. The highest BCUT2D eigenvalue weighted by Gasteiger charge is 2.30. The van der Waals surface area contributed by atoms with E-state index in [4.69, 9.17) is 0 Å². The molecule has 3 N–H and O–H groups in total. The standard InChI is InChI=1S/C38H43NO3.2C37H41NO3/c1-27-13-11-16-30(21-27)17-12-20-36(40)34(24-31-14-7-5-8-15-31)26-37(41)33-22-28(2)23-35(25-33)38(42)39(4)29(3)32-18-9-6-10-19-32;2*1-27-13-10-16-29(23-27)17-11-22-35(39)34(24-30-14-6-4-7-15-30)26-36(40)32-20-12-21-33(25-32)37(41)38(3)28(2)31-18-8-5-9-19-31/h5-11,13-16,18-19,21-23,25,29,34,36,40H,12,17,20,24,26H2,1-4H3;2*4-10,12-16,18-21,23,25,28,34-35,39H,11,17,22,24,26H2,1-3H3/t29-,34-,36-;2*28-,34-,35-/m111/s1. The summed E-state index contributed by atoms with van der Waals surface area (Å²) in [5.41, 5.74) is 17.8. The Kier molecular flexibility index (Phi) is 36.5. The monoisotopic (exact) mass is 1660 g/mol. The summed E-state index contributed by atoms with van der Waals surface area (Å²) in [5, 5.41) is 33.9. The van der Waals surface area contributed by atoms with Gasteiger partial charge in [-0.05, 0) is 241 Å². The molecule has 0 unspecified atom stereocenters. The van der Waals surface area contributed by atoms with Crippen molar-refractivity contribution >= 4 is 35.1 Å². The number of Topliss-reactive ketones (excluding diaryl/α,β-unsaturated/α-hetero) is 3. The molecule has 0 saturated carbocycles. The van der Waals surface area contributed by atoms with E-state index in [1.54, 1.807) is 90.4 Å². The molecule has 0 saturated heterocycles. The van der Waals surface area contributed by atoms with E-state index in [1.165, 1.54) is 33.4 Å².